The van der Waals surface area contributed by atoms with E-state index in [-0.39, 0.29) is 24.8 Å². The zero-order chi connectivity index (χ0) is 17.6. The maximum atomic E-state index is 12.3. The second-order valence-electron chi connectivity index (χ2n) is 6.08. The fraction of sp³-hybridized carbons (Fsp3) is 0.412. The number of amides is 2. The highest BCUT2D eigenvalue weighted by molar-refractivity contribution is 5.88. The molecule has 2 heterocycles. The van der Waals surface area contributed by atoms with Crippen molar-refractivity contribution in [2.75, 3.05) is 13.1 Å². The Morgan fingerprint density at radius 1 is 1.36 bits per heavy atom. The molecule has 1 aliphatic rings. The van der Waals surface area contributed by atoms with E-state index < -0.39 is 6.04 Å². The Morgan fingerprint density at radius 2 is 2.16 bits per heavy atom. The lowest BCUT2D eigenvalue weighted by molar-refractivity contribution is -0.134. The summed E-state index contributed by atoms with van der Waals surface area (Å²) in [5, 5.41) is 12.3. The topological polar surface area (TPSA) is 103 Å². The van der Waals surface area contributed by atoms with Crippen molar-refractivity contribution in [1.29, 1.82) is 0 Å². The van der Waals surface area contributed by atoms with Crippen molar-refractivity contribution in [3.63, 3.8) is 0 Å². The average molecular weight is 342 g/mol. The first kappa shape index (κ1) is 17.1. The van der Waals surface area contributed by atoms with Crippen molar-refractivity contribution in [2.45, 2.75) is 32.5 Å². The first-order chi connectivity index (χ1) is 12.1. The molecule has 0 saturated carbocycles. The first-order valence-electron chi connectivity index (χ1n) is 8.32. The molecule has 1 unspecified atom stereocenters. The minimum Gasteiger partial charge on any atom is -0.353 e. The summed E-state index contributed by atoms with van der Waals surface area (Å²) >= 11 is 0. The summed E-state index contributed by atoms with van der Waals surface area (Å²) in [4.78, 5) is 30.7. The van der Waals surface area contributed by atoms with Crippen LogP contribution in [0.5, 0.6) is 0 Å². The Kier molecular flexibility index (Phi) is 5.39. The Morgan fingerprint density at radius 3 is 2.88 bits per heavy atom. The standard InChI is InChI=1S/C17H22N6O2/c1-12-20-15(22-21-12)10-19-16(24)9-14-17(25)18-7-8-23(14)11-13-5-3-2-4-6-13/h2-6,14H,7-11H2,1H3,(H,18,25)(H,19,24)(H,20,21,22). The zero-order valence-corrected chi connectivity index (χ0v) is 14.2. The molecule has 1 aliphatic heterocycles. The Hall–Kier alpha value is -2.74. The molecule has 1 aromatic carbocycles. The number of hydrogen-bond acceptors (Lipinski definition) is 5. The van der Waals surface area contributed by atoms with Crippen LogP contribution in [0.15, 0.2) is 30.3 Å². The number of benzene rings is 1. The molecule has 1 fully saturated rings. The number of aromatic nitrogens is 3. The molecule has 1 saturated heterocycles. The highest BCUT2D eigenvalue weighted by atomic mass is 16.2. The molecular weight excluding hydrogens is 320 g/mol. The van der Waals surface area contributed by atoms with Gasteiger partial charge in [0.2, 0.25) is 11.8 Å². The Bertz CT molecular complexity index is 730. The normalized spacial score (nSPS) is 18.0. The molecule has 0 aliphatic carbocycles. The molecule has 0 spiro atoms. The Balaban J connectivity index is 1.58. The lowest BCUT2D eigenvalue weighted by Crippen LogP contribution is -2.56. The zero-order valence-electron chi connectivity index (χ0n) is 14.2. The van der Waals surface area contributed by atoms with E-state index in [0.717, 1.165) is 12.1 Å². The summed E-state index contributed by atoms with van der Waals surface area (Å²) in [6.07, 6.45) is 0.113. The fourth-order valence-corrected chi connectivity index (χ4v) is 2.88. The summed E-state index contributed by atoms with van der Waals surface area (Å²) < 4.78 is 0. The number of rotatable bonds is 6. The first-order valence-corrected chi connectivity index (χ1v) is 8.32. The highest BCUT2D eigenvalue weighted by Crippen LogP contribution is 2.13. The quantitative estimate of drug-likeness (QED) is 0.692. The van der Waals surface area contributed by atoms with E-state index in [1.165, 1.54) is 0 Å². The summed E-state index contributed by atoms with van der Waals surface area (Å²) in [5.41, 5.74) is 1.12. The summed E-state index contributed by atoms with van der Waals surface area (Å²) in [5.74, 6) is 0.929. The van der Waals surface area contributed by atoms with Gasteiger partial charge >= 0.3 is 0 Å². The van der Waals surface area contributed by atoms with Gasteiger partial charge in [-0.2, -0.15) is 5.10 Å². The van der Waals surface area contributed by atoms with E-state index in [1.807, 2.05) is 35.2 Å². The van der Waals surface area contributed by atoms with Crippen molar-refractivity contribution in [1.82, 2.24) is 30.7 Å². The monoisotopic (exact) mass is 342 g/mol. The Labute approximate surface area is 146 Å². The second kappa shape index (κ2) is 7.89. The van der Waals surface area contributed by atoms with Crippen molar-refractivity contribution < 1.29 is 9.59 Å². The lowest BCUT2D eigenvalue weighted by atomic mass is 10.1. The number of hydrogen-bond donors (Lipinski definition) is 3. The van der Waals surface area contributed by atoms with E-state index in [1.54, 1.807) is 6.92 Å². The third kappa shape index (κ3) is 4.63. The van der Waals surface area contributed by atoms with Gasteiger partial charge in [-0.05, 0) is 12.5 Å². The minimum atomic E-state index is -0.470. The van der Waals surface area contributed by atoms with Crippen LogP contribution in [0, 0.1) is 6.92 Å². The molecule has 1 aromatic heterocycles. The van der Waals surface area contributed by atoms with Crippen LogP contribution in [0.2, 0.25) is 0 Å². The predicted molar refractivity (Wildman–Crippen MR) is 91.2 cm³/mol. The van der Waals surface area contributed by atoms with Gasteiger partial charge in [-0.1, -0.05) is 30.3 Å². The fourth-order valence-electron chi connectivity index (χ4n) is 2.88. The summed E-state index contributed by atoms with van der Waals surface area (Å²) in [7, 11) is 0. The molecule has 1 atom stereocenters. The van der Waals surface area contributed by atoms with Gasteiger partial charge in [0.1, 0.15) is 5.82 Å². The van der Waals surface area contributed by atoms with Gasteiger partial charge in [-0.15, -0.1) is 0 Å². The van der Waals surface area contributed by atoms with Crippen LogP contribution in [-0.2, 0) is 22.7 Å². The van der Waals surface area contributed by atoms with Crippen LogP contribution < -0.4 is 10.6 Å². The lowest BCUT2D eigenvalue weighted by Gasteiger charge is -2.34. The summed E-state index contributed by atoms with van der Waals surface area (Å²) in [6.45, 7) is 4.01. The van der Waals surface area contributed by atoms with Crippen molar-refractivity contribution in [3.8, 4) is 0 Å². The number of aromatic amines is 1. The number of aryl methyl sites for hydroxylation is 1. The third-order valence-electron chi connectivity index (χ3n) is 4.14. The number of carbonyl (C=O) groups excluding carboxylic acids is 2. The second-order valence-corrected chi connectivity index (χ2v) is 6.08. The predicted octanol–water partition coefficient (Wildman–Crippen LogP) is 0.120. The molecule has 132 valence electrons. The molecule has 3 rings (SSSR count). The average Bonchev–Trinajstić information content (AvgIpc) is 3.02. The van der Waals surface area contributed by atoms with Gasteiger partial charge in [0.05, 0.1) is 19.0 Å². The number of carbonyl (C=O) groups is 2. The van der Waals surface area contributed by atoms with Crippen LogP contribution >= 0.6 is 0 Å². The van der Waals surface area contributed by atoms with E-state index in [9.17, 15) is 9.59 Å². The van der Waals surface area contributed by atoms with E-state index in [4.69, 9.17) is 0 Å². The maximum Gasteiger partial charge on any atom is 0.237 e. The molecule has 3 N–H and O–H groups in total. The van der Waals surface area contributed by atoms with Crippen molar-refractivity contribution in [3.05, 3.63) is 47.5 Å². The smallest absolute Gasteiger partial charge is 0.237 e. The SMILES string of the molecule is Cc1nc(CNC(=O)CC2C(=O)NCCN2Cc2ccccc2)n[nH]1. The molecule has 0 bridgehead atoms. The molecule has 0 radical (unpaired) electrons. The van der Waals surface area contributed by atoms with Gasteiger partial charge in [0.15, 0.2) is 5.82 Å². The van der Waals surface area contributed by atoms with Gasteiger partial charge < -0.3 is 10.6 Å². The third-order valence-corrected chi connectivity index (χ3v) is 4.14. The number of H-pyrrole nitrogens is 1. The van der Waals surface area contributed by atoms with Gasteiger partial charge in [-0.3, -0.25) is 19.6 Å². The van der Waals surface area contributed by atoms with E-state index in [2.05, 4.69) is 25.8 Å². The van der Waals surface area contributed by atoms with Crippen LogP contribution in [-0.4, -0.2) is 51.0 Å². The van der Waals surface area contributed by atoms with Crippen LogP contribution in [0.4, 0.5) is 0 Å². The van der Waals surface area contributed by atoms with Gasteiger partial charge in [-0.25, -0.2) is 4.98 Å². The number of piperazine rings is 1. The van der Waals surface area contributed by atoms with Gasteiger partial charge in [0, 0.05) is 19.6 Å². The highest BCUT2D eigenvalue weighted by Gasteiger charge is 2.31. The maximum absolute atomic E-state index is 12.3. The largest absolute Gasteiger partial charge is 0.353 e. The molecule has 25 heavy (non-hydrogen) atoms. The molecule has 8 nitrogen and oxygen atoms in total. The molecule has 8 heteroatoms. The molecular formula is C17H22N6O2. The number of nitrogens with one attached hydrogen (secondary N) is 3. The van der Waals surface area contributed by atoms with E-state index in [0.29, 0.717) is 24.7 Å². The van der Waals surface area contributed by atoms with E-state index >= 15 is 0 Å². The van der Waals surface area contributed by atoms with Crippen LogP contribution in [0.25, 0.3) is 0 Å². The minimum absolute atomic E-state index is 0.105. The van der Waals surface area contributed by atoms with Crippen molar-refractivity contribution in [2.24, 2.45) is 0 Å². The van der Waals surface area contributed by atoms with Crippen LogP contribution in [0.1, 0.15) is 23.6 Å². The number of nitrogens with zero attached hydrogens (tertiary/aromatic N) is 3. The molecule has 2 aromatic rings. The summed E-state index contributed by atoms with van der Waals surface area (Å²) in [6, 6.07) is 9.48. The van der Waals surface area contributed by atoms with Crippen LogP contribution in [0.3, 0.4) is 0 Å². The van der Waals surface area contributed by atoms with Gasteiger partial charge in [0.25, 0.3) is 0 Å². The molecule has 2 amide bonds. The van der Waals surface area contributed by atoms with Crippen molar-refractivity contribution >= 4 is 11.8 Å².